The van der Waals surface area contributed by atoms with Crippen LogP contribution in [0.4, 0.5) is 0 Å². The molecule has 0 saturated heterocycles. The van der Waals surface area contributed by atoms with Crippen molar-refractivity contribution in [3.05, 3.63) is 0 Å². The average molecular weight is 232 g/mol. The van der Waals surface area contributed by atoms with Crippen LogP contribution in [0.2, 0.25) is 0 Å². The number of hydrogen-bond acceptors (Lipinski definition) is 4. The van der Waals surface area contributed by atoms with Crippen molar-refractivity contribution in [2.24, 2.45) is 11.7 Å². The lowest BCUT2D eigenvalue weighted by Crippen LogP contribution is -2.42. The maximum Gasteiger partial charge on any atom is 0.326 e. The molecule has 94 valence electrons. The van der Waals surface area contributed by atoms with Crippen LogP contribution in [0.3, 0.4) is 0 Å². The molecule has 1 amide bonds. The summed E-state index contributed by atoms with van der Waals surface area (Å²) in [5, 5.41) is 11.3. The van der Waals surface area contributed by atoms with Crippen LogP contribution in [-0.2, 0) is 14.3 Å². The van der Waals surface area contributed by atoms with Crippen molar-refractivity contribution in [1.29, 1.82) is 0 Å². The zero-order chi connectivity index (χ0) is 12.6. The standard InChI is InChI=1S/C10H20N2O4/c1-7(6-11)5-9(13)12-8(10(14)15)3-4-16-2/h7-8H,3-6,11H2,1-2H3,(H,12,13)(H,14,15). The number of carboxylic acids is 1. The lowest BCUT2D eigenvalue weighted by molar-refractivity contribution is -0.142. The minimum absolute atomic E-state index is 0.0527. The molecule has 0 aromatic carbocycles. The molecule has 0 saturated carbocycles. The fourth-order valence-electron chi connectivity index (χ4n) is 1.15. The summed E-state index contributed by atoms with van der Waals surface area (Å²) in [6.45, 7) is 2.54. The minimum Gasteiger partial charge on any atom is -0.480 e. The summed E-state index contributed by atoms with van der Waals surface area (Å²) in [5.41, 5.74) is 5.37. The van der Waals surface area contributed by atoms with E-state index in [1.54, 1.807) is 0 Å². The van der Waals surface area contributed by atoms with Gasteiger partial charge in [-0.3, -0.25) is 4.79 Å². The predicted molar refractivity (Wildman–Crippen MR) is 58.9 cm³/mol. The monoisotopic (exact) mass is 232 g/mol. The Bertz CT molecular complexity index is 233. The van der Waals surface area contributed by atoms with Crippen molar-refractivity contribution in [3.8, 4) is 0 Å². The van der Waals surface area contributed by atoms with Crippen LogP contribution in [0.1, 0.15) is 19.8 Å². The number of carbonyl (C=O) groups excluding carboxylic acids is 1. The van der Waals surface area contributed by atoms with E-state index in [-0.39, 0.29) is 24.7 Å². The summed E-state index contributed by atoms with van der Waals surface area (Å²) in [6.07, 6.45) is 0.502. The molecule has 0 aliphatic carbocycles. The van der Waals surface area contributed by atoms with Gasteiger partial charge in [0.25, 0.3) is 0 Å². The van der Waals surface area contributed by atoms with Gasteiger partial charge in [-0.05, 0) is 12.5 Å². The first-order valence-corrected chi connectivity index (χ1v) is 5.22. The lowest BCUT2D eigenvalue weighted by atomic mass is 10.1. The molecular weight excluding hydrogens is 212 g/mol. The highest BCUT2D eigenvalue weighted by atomic mass is 16.5. The van der Waals surface area contributed by atoms with E-state index in [4.69, 9.17) is 15.6 Å². The van der Waals surface area contributed by atoms with Crippen LogP contribution in [0.25, 0.3) is 0 Å². The molecule has 6 heteroatoms. The number of hydrogen-bond donors (Lipinski definition) is 3. The molecule has 0 heterocycles. The average Bonchev–Trinajstić information content (AvgIpc) is 2.23. The van der Waals surface area contributed by atoms with Crippen molar-refractivity contribution in [2.45, 2.75) is 25.8 Å². The number of nitrogens with one attached hydrogen (secondary N) is 1. The molecule has 2 unspecified atom stereocenters. The summed E-state index contributed by atoms with van der Waals surface area (Å²) in [4.78, 5) is 22.2. The van der Waals surface area contributed by atoms with E-state index in [0.717, 1.165) is 0 Å². The van der Waals surface area contributed by atoms with Crippen LogP contribution in [-0.4, -0.2) is 43.3 Å². The Hall–Kier alpha value is -1.14. The van der Waals surface area contributed by atoms with Crippen molar-refractivity contribution in [3.63, 3.8) is 0 Å². The summed E-state index contributed by atoms with van der Waals surface area (Å²) in [6, 6.07) is -0.891. The Balaban J connectivity index is 4.07. The summed E-state index contributed by atoms with van der Waals surface area (Å²) < 4.78 is 4.77. The van der Waals surface area contributed by atoms with E-state index in [2.05, 4.69) is 5.32 Å². The third-order valence-electron chi connectivity index (χ3n) is 2.18. The molecule has 0 aromatic heterocycles. The molecule has 4 N–H and O–H groups in total. The van der Waals surface area contributed by atoms with E-state index in [1.165, 1.54) is 7.11 Å². The molecule has 0 aromatic rings. The number of carboxylic acid groups (broad SMARTS) is 1. The molecule has 0 spiro atoms. The van der Waals surface area contributed by atoms with Gasteiger partial charge in [-0.2, -0.15) is 0 Å². The van der Waals surface area contributed by atoms with Gasteiger partial charge in [0, 0.05) is 26.6 Å². The molecule has 0 aliphatic rings. The fraction of sp³-hybridized carbons (Fsp3) is 0.800. The minimum atomic E-state index is -1.05. The number of rotatable bonds is 8. The van der Waals surface area contributed by atoms with Gasteiger partial charge in [0.1, 0.15) is 6.04 Å². The van der Waals surface area contributed by atoms with Gasteiger partial charge in [-0.1, -0.05) is 6.92 Å². The third kappa shape index (κ3) is 6.36. The van der Waals surface area contributed by atoms with E-state index in [0.29, 0.717) is 13.2 Å². The molecule has 0 radical (unpaired) electrons. The van der Waals surface area contributed by atoms with Gasteiger partial charge in [0.2, 0.25) is 5.91 Å². The number of nitrogens with two attached hydrogens (primary N) is 1. The first kappa shape index (κ1) is 14.9. The second-order valence-electron chi connectivity index (χ2n) is 3.78. The molecule has 0 aliphatic heterocycles. The maximum atomic E-state index is 11.4. The molecule has 2 atom stereocenters. The SMILES string of the molecule is COCCC(NC(=O)CC(C)CN)C(=O)O. The van der Waals surface area contributed by atoms with E-state index in [1.807, 2.05) is 6.92 Å². The number of methoxy groups -OCH3 is 1. The Kier molecular flexibility index (Phi) is 7.49. The quantitative estimate of drug-likeness (QED) is 0.527. The molecule has 0 fully saturated rings. The molecule has 0 rings (SSSR count). The molecular formula is C10H20N2O4. The number of aliphatic carboxylic acids is 1. The zero-order valence-electron chi connectivity index (χ0n) is 9.73. The van der Waals surface area contributed by atoms with E-state index >= 15 is 0 Å². The summed E-state index contributed by atoms with van der Waals surface area (Å²) in [7, 11) is 1.48. The van der Waals surface area contributed by atoms with Gasteiger partial charge in [0.15, 0.2) is 0 Å². The van der Waals surface area contributed by atoms with Gasteiger partial charge in [0.05, 0.1) is 0 Å². The van der Waals surface area contributed by atoms with Gasteiger partial charge >= 0.3 is 5.97 Å². The van der Waals surface area contributed by atoms with E-state index in [9.17, 15) is 9.59 Å². The second kappa shape index (κ2) is 8.06. The van der Waals surface area contributed by atoms with Crippen LogP contribution in [0, 0.1) is 5.92 Å². The highest BCUT2D eigenvalue weighted by Gasteiger charge is 2.20. The van der Waals surface area contributed by atoms with Crippen LogP contribution < -0.4 is 11.1 Å². The van der Waals surface area contributed by atoms with Crippen molar-refractivity contribution < 1.29 is 19.4 Å². The van der Waals surface area contributed by atoms with Crippen LogP contribution in [0.15, 0.2) is 0 Å². The summed E-state index contributed by atoms with van der Waals surface area (Å²) in [5.74, 6) is -1.29. The Morgan fingerprint density at radius 1 is 1.50 bits per heavy atom. The Labute approximate surface area is 95.1 Å². The van der Waals surface area contributed by atoms with Crippen molar-refractivity contribution in [1.82, 2.24) is 5.32 Å². The Morgan fingerprint density at radius 2 is 2.12 bits per heavy atom. The molecule has 6 nitrogen and oxygen atoms in total. The second-order valence-corrected chi connectivity index (χ2v) is 3.78. The fourth-order valence-corrected chi connectivity index (χ4v) is 1.15. The first-order valence-electron chi connectivity index (χ1n) is 5.22. The normalized spacial score (nSPS) is 14.2. The zero-order valence-corrected chi connectivity index (χ0v) is 9.73. The largest absolute Gasteiger partial charge is 0.480 e. The highest BCUT2D eigenvalue weighted by Crippen LogP contribution is 2.00. The lowest BCUT2D eigenvalue weighted by Gasteiger charge is -2.15. The van der Waals surface area contributed by atoms with Crippen LogP contribution >= 0.6 is 0 Å². The first-order chi connectivity index (χ1) is 7.51. The Morgan fingerprint density at radius 3 is 2.56 bits per heavy atom. The molecule has 16 heavy (non-hydrogen) atoms. The van der Waals surface area contributed by atoms with Gasteiger partial charge in [-0.15, -0.1) is 0 Å². The van der Waals surface area contributed by atoms with Gasteiger partial charge in [-0.25, -0.2) is 4.79 Å². The predicted octanol–water partition coefficient (Wildman–Crippen LogP) is -0.423. The molecule has 0 bridgehead atoms. The summed E-state index contributed by atoms with van der Waals surface area (Å²) >= 11 is 0. The van der Waals surface area contributed by atoms with Gasteiger partial charge < -0.3 is 20.9 Å². The number of amides is 1. The number of ether oxygens (including phenoxy) is 1. The smallest absolute Gasteiger partial charge is 0.326 e. The topological polar surface area (TPSA) is 102 Å². The third-order valence-corrected chi connectivity index (χ3v) is 2.18. The highest BCUT2D eigenvalue weighted by molar-refractivity contribution is 5.83. The van der Waals surface area contributed by atoms with E-state index < -0.39 is 12.0 Å². The van der Waals surface area contributed by atoms with Crippen molar-refractivity contribution in [2.75, 3.05) is 20.3 Å². The maximum absolute atomic E-state index is 11.4. The van der Waals surface area contributed by atoms with Crippen LogP contribution in [0.5, 0.6) is 0 Å². The number of carbonyl (C=O) groups is 2. The van der Waals surface area contributed by atoms with Crippen molar-refractivity contribution >= 4 is 11.9 Å².